The standard InChI is InChI=1S/C12H14Cl2O4/c1-4-17-10(16)8-6(2)18-9(15)7-5-12(13,14)11(7,8)3/h7H,4-5H2,1-3H3/t7?,11-/m1/s1. The lowest BCUT2D eigenvalue weighted by atomic mass is 9.55. The molecule has 0 amide bonds. The predicted octanol–water partition coefficient (Wildman–Crippen LogP) is 2.58. The third-order valence-corrected chi connectivity index (χ3v) is 4.90. The molecule has 0 bridgehead atoms. The Kier molecular flexibility index (Phi) is 3.14. The predicted molar refractivity (Wildman–Crippen MR) is 66.1 cm³/mol. The number of fused-ring (bicyclic) bond motifs is 1. The molecule has 0 N–H and O–H groups in total. The van der Waals surface area contributed by atoms with Crippen LogP contribution in [-0.2, 0) is 19.1 Å². The summed E-state index contributed by atoms with van der Waals surface area (Å²) in [6, 6.07) is 0. The van der Waals surface area contributed by atoms with Gasteiger partial charge in [-0.3, -0.25) is 4.79 Å². The molecule has 2 atom stereocenters. The van der Waals surface area contributed by atoms with Crippen LogP contribution in [0, 0.1) is 11.3 Å². The number of hydrogen-bond donors (Lipinski definition) is 0. The summed E-state index contributed by atoms with van der Waals surface area (Å²) in [4.78, 5) is 23.8. The lowest BCUT2D eigenvalue weighted by Gasteiger charge is -2.57. The molecule has 1 aliphatic carbocycles. The van der Waals surface area contributed by atoms with Gasteiger partial charge in [0.2, 0.25) is 0 Å². The molecule has 6 heteroatoms. The van der Waals surface area contributed by atoms with Gasteiger partial charge >= 0.3 is 11.9 Å². The molecule has 1 unspecified atom stereocenters. The van der Waals surface area contributed by atoms with Crippen LogP contribution < -0.4 is 0 Å². The molecule has 0 aromatic rings. The van der Waals surface area contributed by atoms with Gasteiger partial charge in [-0.2, -0.15) is 0 Å². The van der Waals surface area contributed by atoms with Crippen molar-refractivity contribution in [3.8, 4) is 0 Å². The third kappa shape index (κ3) is 1.58. The Bertz CT molecular complexity index is 455. The number of rotatable bonds is 2. The topological polar surface area (TPSA) is 52.6 Å². The average molecular weight is 293 g/mol. The number of hydrogen-bond acceptors (Lipinski definition) is 4. The molecule has 0 aromatic carbocycles. The molecule has 2 rings (SSSR count). The molecule has 18 heavy (non-hydrogen) atoms. The maximum atomic E-state index is 12.0. The quantitative estimate of drug-likeness (QED) is 0.580. The van der Waals surface area contributed by atoms with Crippen molar-refractivity contribution in [1.29, 1.82) is 0 Å². The molecular formula is C12H14Cl2O4. The zero-order valence-corrected chi connectivity index (χ0v) is 11.9. The SMILES string of the molecule is CCOC(=O)C1=C(C)OC(=O)C2CC(Cl)(Cl)[C@@]12C. The highest BCUT2D eigenvalue weighted by Gasteiger charge is 2.70. The number of allylic oxidation sites excluding steroid dienone is 1. The number of ether oxygens (including phenoxy) is 2. The van der Waals surface area contributed by atoms with Gasteiger partial charge in [0.25, 0.3) is 0 Å². The fourth-order valence-electron chi connectivity index (χ4n) is 2.67. The van der Waals surface area contributed by atoms with Crippen LogP contribution in [0.25, 0.3) is 0 Å². The summed E-state index contributed by atoms with van der Waals surface area (Å²) in [5, 5.41) is 0. The van der Waals surface area contributed by atoms with Crippen molar-refractivity contribution in [3.05, 3.63) is 11.3 Å². The van der Waals surface area contributed by atoms with Gasteiger partial charge in [0.05, 0.1) is 18.1 Å². The maximum absolute atomic E-state index is 12.0. The summed E-state index contributed by atoms with van der Waals surface area (Å²) in [7, 11) is 0. The minimum absolute atomic E-state index is 0.225. The number of cyclic esters (lactones) is 1. The molecule has 1 fully saturated rings. The normalized spacial score (nSPS) is 33.4. The molecule has 1 aliphatic heterocycles. The summed E-state index contributed by atoms with van der Waals surface area (Å²) in [6.45, 7) is 5.20. The highest BCUT2D eigenvalue weighted by atomic mass is 35.5. The number of alkyl halides is 2. The lowest BCUT2D eigenvalue weighted by molar-refractivity contribution is -0.162. The molecule has 1 saturated carbocycles. The first-order valence-corrected chi connectivity index (χ1v) is 6.49. The van der Waals surface area contributed by atoms with Crippen LogP contribution in [0.5, 0.6) is 0 Å². The van der Waals surface area contributed by atoms with Crippen molar-refractivity contribution < 1.29 is 19.1 Å². The van der Waals surface area contributed by atoms with Crippen LogP contribution in [0.4, 0.5) is 0 Å². The Hall–Kier alpha value is -0.740. The van der Waals surface area contributed by atoms with E-state index >= 15 is 0 Å². The Morgan fingerprint density at radius 1 is 1.56 bits per heavy atom. The van der Waals surface area contributed by atoms with Gasteiger partial charge in [-0.15, -0.1) is 23.2 Å². The van der Waals surface area contributed by atoms with Gasteiger partial charge in [0.15, 0.2) is 0 Å². The minimum Gasteiger partial charge on any atom is -0.463 e. The number of carbonyl (C=O) groups excluding carboxylic acids is 2. The summed E-state index contributed by atoms with van der Waals surface area (Å²) in [5.41, 5.74) is -0.674. The third-order valence-electron chi connectivity index (χ3n) is 3.81. The summed E-state index contributed by atoms with van der Waals surface area (Å²) < 4.78 is 8.92. The van der Waals surface area contributed by atoms with Gasteiger partial charge in [-0.05, 0) is 20.3 Å². The second kappa shape index (κ2) is 4.14. The van der Waals surface area contributed by atoms with E-state index in [0.29, 0.717) is 0 Å². The van der Waals surface area contributed by atoms with E-state index in [4.69, 9.17) is 32.7 Å². The fourth-order valence-corrected chi connectivity index (χ4v) is 3.43. The first-order chi connectivity index (χ1) is 8.25. The van der Waals surface area contributed by atoms with Crippen LogP contribution in [0.1, 0.15) is 27.2 Å². The van der Waals surface area contributed by atoms with Crippen molar-refractivity contribution in [1.82, 2.24) is 0 Å². The maximum Gasteiger partial charge on any atom is 0.338 e. The molecule has 0 aromatic heterocycles. The Morgan fingerprint density at radius 2 is 2.17 bits per heavy atom. The Morgan fingerprint density at radius 3 is 2.67 bits per heavy atom. The van der Waals surface area contributed by atoms with Crippen molar-refractivity contribution >= 4 is 35.1 Å². The van der Waals surface area contributed by atoms with Crippen molar-refractivity contribution in [3.63, 3.8) is 0 Å². The summed E-state index contributed by atoms with van der Waals surface area (Å²) >= 11 is 12.4. The van der Waals surface area contributed by atoms with Crippen LogP contribution in [0.15, 0.2) is 11.3 Å². The first-order valence-electron chi connectivity index (χ1n) is 5.73. The van der Waals surface area contributed by atoms with Crippen molar-refractivity contribution in [2.45, 2.75) is 31.5 Å². The van der Waals surface area contributed by atoms with E-state index in [2.05, 4.69) is 0 Å². The van der Waals surface area contributed by atoms with Crippen molar-refractivity contribution in [2.75, 3.05) is 6.61 Å². The van der Waals surface area contributed by atoms with E-state index in [1.165, 1.54) is 0 Å². The summed E-state index contributed by atoms with van der Waals surface area (Å²) in [6.07, 6.45) is 0.279. The minimum atomic E-state index is -1.15. The van der Waals surface area contributed by atoms with Crippen LogP contribution in [0.2, 0.25) is 0 Å². The van der Waals surface area contributed by atoms with E-state index in [9.17, 15) is 9.59 Å². The van der Waals surface area contributed by atoms with Gasteiger partial charge in [0.1, 0.15) is 10.1 Å². The van der Waals surface area contributed by atoms with E-state index < -0.39 is 21.6 Å². The molecule has 100 valence electrons. The Balaban J connectivity index is 2.50. The second-order valence-corrected chi connectivity index (χ2v) is 6.22. The number of esters is 2. The number of carbonyl (C=O) groups is 2. The van der Waals surface area contributed by atoms with E-state index in [-0.39, 0.29) is 30.3 Å². The highest BCUT2D eigenvalue weighted by Crippen LogP contribution is 2.66. The monoisotopic (exact) mass is 292 g/mol. The van der Waals surface area contributed by atoms with Crippen molar-refractivity contribution in [2.24, 2.45) is 11.3 Å². The van der Waals surface area contributed by atoms with Gasteiger partial charge < -0.3 is 9.47 Å². The summed E-state index contributed by atoms with van der Waals surface area (Å²) in [5.74, 6) is -1.18. The first kappa shape index (κ1) is 13.7. The average Bonchev–Trinajstić information content (AvgIpc) is 2.24. The smallest absolute Gasteiger partial charge is 0.338 e. The fraction of sp³-hybridized carbons (Fsp3) is 0.667. The van der Waals surface area contributed by atoms with Gasteiger partial charge in [-0.25, -0.2) is 4.79 Å². The molecule has 2 aliphatic rings. The Labute approximate surface area is 115 Å². The second-order valence-electron chi connectivity index (χ2n) is 4.74. The van der Waals surface area contributed by atoms with E-state index in [0.717, 1.165) is 0 Å². The van der Waals surface area contributed by atoms with Crippen LogP contribution >= 0.6 is 23.2 Å². The molecule has 1 heterocycles. The lowest BCUT2D eigenvalue weighted by Crippen LogP contribution is -2.62. The zero-order chi connectivity index (χ0) is 13.7. The highest BCUT2D eigenvalue weighted by molar-refractivity contribution is 6.50. The molecule has 0 spiro atoms. The molecular weight excluding hydrogens is 279 g/mol. The largest absolute Gasteiger partial charge is 0.463 e. The number of halogens is 2. The van der Waals surface area contributed by atoms with Gasteiger partial charge in [0, 0.05) is 5.41 Å². The van der Waals surface area contributed by atoms with E-state index in [1.54, 1.807) is 20.8 Å². The van der Waals surface area contributed by atoms with Gasteiger partial charge in [-0.1, -0.05) is 6.92 Å². The van der Waals surface area contributed by atoms with Crippen LogP contribution in [0.3, 0.4) is 0 Å². The molecule has 0 radical (unpaired) electrons. The molecule has 4 nitrogen and oxygen atoms in total. The zero-order valence-electron chi connectivity index (χ0n) is 10.4. The molecule has 0 saturated heterocycles. The van der Waals surface area contributed by atoms with E-state index in [1.807, 2.05) is 0 Å². The van der Waals surface area contributed by atoms with Crippen LogP contribution in [-0.4, -0.2) is 22.9 Å².